The quantitative estimate of drug-likeness (QED) is 0.904. The first-order valence-corrected chi connectivity index (χ1v) is 6.75. The first kappa shape index (κ1) is 13.9. The summed E-state index contributed by atoms with van der Waals surface area (Å²) in [5.74, 6) is 0.178. The van der Waals surface area contributed by atoms with Gasteiger partial charge in [0.25, 0.3) is 5.91 Å². The number of hydrogen-bond acceptors (Lipinski definition) is 4. The number of carbonyl (C=O) groups excluding carboxylic acids is 2. The minimum Gasteiger partial charge on any atom is -0.486 e. The maximum atomic E-state index is 12.4. The number of benzene rings is 2. The summed E-state index contributed by atoms with van der Waals surface area (Å²) in [6.07, 6.45) is 0. The largest absolute Gasteiger partial charge is 0.486 e. The van der Waals surface area contributed by atoms with Crippen molar-refractivity contribution < 1.29 is 19.1 Å². The van der Waals surface area contributed by atoms with Gasteiger partial charge in [-0.3, -0.25) is 9.59 Å². The van der Waals surface area contributed by atoms with Crippen LogP contribution >= 0.6 is 0 Å². The average Bonchev–Trinajstić information content (AvgIpc) is 2.54. The second-order valence-corrected chi connectivity index (χ2v) is 4.73. The lowest BCUT2D eigenvalue weighted by Gasteiger charge is -2.20. The molecule has 6 heteroatoms. The summed E-state index contributed by atoms with van der Waals surface area (Å²) in [7, 11) is 0. The van der Waals surface area contributed by atoms with Crippen LogP contribution in [0.1, 0.15) is 20.7 Å². The fraction of sp³-hybridized carbons (Fsp3) is 0.125. The Morgan fingerprint density at radius 1 is 1.00 bits per heavy atom. The van der Waals surface area contributed by atoms with Crippen molar-refractivity contribution in [3.63, 3.8) is 0 Å². The molecule has 2 aromatic rings. The smallest absolute Gasteiger partial charge is 0.259 e. The Labute approximate surface area is 126 Å². The molecule has 0 spiro atoms. The highest BCUT2D eigenvalue weighted by atomic mass is 16.6. The molecule has 0 saturated heterocycles. The van der Waals surface area contributed by atoms with E-state index in [9.17, 15) is 9.59 Å². The number of carbonyl (C=O) groups is 2. The van der Waals surface area contributed by atoms with Crippen LogP contribution in [-0.4, -0.2) is 25.0 Å². The van der Waals surface area contributed by atoms with Crippen LogP contribution in [0.4, 0.5) is 5.69 Å². The summed E-state index contributed by atoms with van der Waals surface area (Å²) in [5.41, 5.74) is 6.52. The lowest BCUT2D eigenvalue weighted by molar-refractivity contribution is 0.0996. The molecule has 0 radical (unpaired) electrons. The van der Waals surface area contributed by atoms with Crippen molar-refractivity contribution in [2.24, 2.45) is 5.73 Å². The zero-order valence-corrected chi connectivity index (χ0v) is 11.7. The van der Waals surface area contributed by atoms with Gasteiger partial charge >= 0.3 is 0 Å². The van der Waals surface area contributed by atoms with Crippen molar-refractivity contribution in [1.82, 2.24) is 0 Å². The molecular weight excluding hydrogens is 284 g/mol. The van der Waals surface area contributed by atoms with Crippen LogP contribution in [0.25, 0.3) is 0 Å². The molecule has 1 aliphatic heterocycles. The third kappa shape index (κ3) is 2.71. The Kier molecular flexibility index (Phi) is 3.65. The first-order valence-electron chi connectivity index (χ1n) is 6.75. The zero-order valence-electron chi connectivity index (χ0n) is 11.7. The van der Waals surface area contributed by atoms with Gasteiger partial charge in [-0.15, -0.1) is 0 Å². The van der Waals surface area contributed by atoms with Gasteiger partial charge in [-0.25, -0.2) is 0 Å². The van der Waals surface area contributed by atoms with E-state index in [1.54, 1.807) is 42.5 Å². The van der Waals surface area contributed by atoms with Crippen molar-refractivity contribution in [2.75, 3.05) is 18.5 Å². The van der Waals surface area contributed by atoms with Gasteiger partial charge in [-0.05, 0) is 36.4 Å². The first-order chi connectivity index (χ1) is 10.6. The van der Waals surface area contributed by atoms with E-state index in [0.717, 1.165) is 0 Å². The monoisotopic (exact) mass is 298 g/mol. The molecule has 22 heavy (non-hydrogen) atoms. The highest BCUT2D eigenvalue weighted by Crippen LogP contribution is 2.33. The molecule has 1 heterocycles. The van der Waals surface area contributed by atoms with Gasteiger partial charge in [0, 0.05) is 11.3 Å². The maximum Gasteiger partial charge on any atom is 0.259 e. The second-order valence-electron chi connectivity index (χ2n) is 4.73. The number of para-hydroxylation sites is 1. The highest BCUT2D eigenvalue weighted by molar-refractivity contribution is 6.07. The summed E-state index contributed by atoms with van der Waals surface area (Å²) in [6.45, 7) is 0.872. The van der Waals surface area contributed by atoms with E-state index >= 15 is 0 Å². The molecule has 0 aromatic heterocycles. The molecule has 0 unspecified atom stereocenters. The molecule has 1 aliphatic rings. The Morgan fingerprint density at radius 2 is 1.73 bits per heavy atom. The summed E-state index contributed by atoms with van der Waals surface area (Å²) in [5, 5.41) is 2.75. The van der Waals surface area contributed by atoms with Crippen LogP contribution in [0.2, 0.25) is 0 Å². The van der Waals surface area contributed by atoms with E-state index in [2.05, 4.69) is 5.32 Å². The van der Waals surface area contributed by atoms with E-state index in [4.69, 9.17) is 15.2 Å². The van der Waals surface area contributed by atoms with Gasteiger partial charge in [0.2, 0.25) is 5.91 Å². The standard InChI is InChI=1S/C16H14N2O4/c17-15(19)10-4-6-11(7-5-10)18-16(20)12-2-1-3-13-14(12)22-9-8-21-13/h1-7H,8-9H2,(H2,17,19)(H,18,20). The third-order valence-corrected chi connectivity index (χ3v) is 3.24. The van der Waals surface area contributed by atoms with Crippen LogP contribution in [0.5, 0.6) is 11.5 Å². The second kappa shape index (κ2) is 5.77. The van der Waals surface area contributed by atoms with Crippen LogP contribution < -0.4 is 20.5 Å². The van der Waals surface area contributed by atoms with Gasteiger partial charge in [0.15, 0.2) is 11.5 Å². The summed E-state index contributed by atoms with van der Waals surface area (Å²) in [6, 6.07) is 11.5. The SMILES string of the molecule is NC(=O)c1ccc(NC(=O)c2cccc3c2OCCO3)cc1. The molecule has 2 amide bonds. The normalized spacial score (nSPS) is 12.5. The minimum atomic E-state index is -0.513. The molecule has 0 atom stereocenters. The third-order valence-electron chi connectivity index (χ3n) is 3.24. The molecule has 0 aliphatic carbocycles. The Hall–Kier alpha value is -3.02. The Morgan fingerprint density at radius 3 is 2.45 bits per heavy atom. The van der Waals surface area contributed by atoms with Crippen molar-refractivity contribution in [1.29, 1.82) is 0 Å². The average molecular weight is 298 g/mol. The van der Waals surface area contributed by atoms with Crippen LogP contribution in [0.15, 0.2) is 42.5 Å². The summed E-state index contributed by atoms with van der Waals surface area (Å²) in [4.78, 5) is 23.4. The fourth-order valence-electron chi connectivity index (χ4n) is 2.17. The molecule has 6 nitrogen and oxygen atoms in total. The highest BCUT2D eigenvalue weighted by Gasteiger charge is 2.20. The topological polar surface area (TPSA) is 90.7 Å². The van der Waals surface area contributed by atoms with E-state index in [1.807, 2.05) is 0 Å². The number of rotatable bonds is 3. The van der Waals surface area contributed by atoms with E-state index < -0.39 is 5.91 Å². The number of anilines is 1. The summed E-state index contributed by atoms with van der Waals surface area (Å²) < 4.78 is 11.0. The number of nitrogens with two attached hydrogens (primary N) is 1. The predicted octanol–water partition coefficient (Wildman–Crippen LogP) is 1.81. The van der Waals surface area contributed by atoms with Gasteiger partial charge in [-0.2, -0.15) is 0 Å². The van der Waals surface area contributed by atoms with E-state index in [1.165, 1.54) is 0 Å². The summed E-state index contributed by atoms with van der Waals surface area (Å²) >= 11 is 0. The molecule has 112 valence electrons. The van der Waals surface area contributed by atoms with Crippen LogP contribution in [-0.2, 0) is 0 Å². The van der Waals surface area contributed by atoms with Gasteiger partial charge in [0.1, 0.15) is 13.2 Å². The lowest BCUT2D eigenvalue weighted by Crippen LogP contribution is -2.20. The van der Waals surface area contributed by atoms with Crippen LogP contribution in [0, 0.1) is 0 Å². The molecule has 2 aromatic carbocycles. The molecule has 0 saturated carbocycles. The lowest BCUT2D eigenvalue weighted by atomic mass is 10.1. The van der Waals surface area contributed by atoms with E-state index in [-0.39, 0.29) is 5.91 Å². The molecular formula is C16H14N2O4. The number of nitrogens with one attached hydrogen (secondary N) is 1. The van der Waals surface area contributed by atoms with E-state index in [0.29, 0.717) is 41.5 Å². The van der Waals surface area contributed by atoms with Crippen LogP contribution in [0.3, 0.4) is 0 Å². The number of ether oxygens (including phenoxy) is 2. The van der Waals surface area contributed by atoms with Gasteiger partial charge in [0.05, 0.1) is 5.56 Å². The number of fused-ring (bicyclic) bond motifs is 1. The van der Waals surface area contributed by atoms with Gasteiger partial charge < -0.3 is 20.5 Å². The number of amides is 2. The molecule has 3 N–H and O–H groups in total. The number of primary amides is 1. The molecule has 0 fully saturated rings. The molecule has 0 bridgehead atoms. The Balaban J connectivity index is 1.81. The van der Waals surface area contributed by atoms with Gasteiger partial charge in [-0.1, -0.05) is 6.07 Å². The van der Waals surface area contributed by atoms with Crippen molar-refractivity contribution in [2.45, 2.75) is 0 Å². The minimum absolute atomic E-state index is 0.311. The Bertz CT molecular complexity index is 725. The van der Waals surface area contributed by atoms with Crippen molar-refractivity contribution in [3.05, 3.63) is 53.6 Å². The predicted molar refractivity (Wildman–Crippen MR) is 80.3 cm³/mol. The van der Waals surface area contributed by atoms with Crippen molar-refractivity contribution >= 4 is 17.5 Å². The maximum absolute atomic E-state index is 12.4. The molecule has 3 rings (SSSR count). The number of hydrogen-bond donors (Lipinski definition) is 2. The zero-order chi connectivity index (χ0) is 15.5. The van der Waals surface area contributed by atoms with Crippen molar-refractivity contribution in [3.8, 4) is 11.5 Å². The fourth-order valence-corrected chi connectivity index (χ4v) is 2.17.